The Bertz CT molecular complexity index is 270. The minimum absolute atomic E-state index is 0.194. The van der Waals surface area contributed by atoms with Gasteiger partial charge in [0.1, 0.15) is 0 Å². The van der Waals surface area contributed by atoms with Crippen LogP contribution >= 0.6 is 0 Å². The molecule has 1 saturated heterocycles. The van der Waals surface area contributed by atoms with Crippen molar-refractivity contribution in [2.45, 2.75) is 63.8 Å². The maximum atomic E-state index is 11.7. The predicted octanol–water partition coefficient (Wildman–Crippen LogP) is 2.23. The number of ether oxygens (including phenoxy) is 1. The van der Waals surface area contributed by atoms with Crippen molar-refractivity contribution in [2.24, 2.45) is 5.92 Å². The topological polar surface area (TPSA) is 50.4 Å². The van der Waals surface area contributed by atoms with Gasteiger partial charge < -0.3 is 15.4 Å². The molecule has 0 bridgehead atoms. The fourth-order valence-electron chi connectivity index (χ4n) is 3.20. The molecule has 1 aliphatic heterocycles. The van der Waals surface area contributed by atoms with Crippen molar-refractivity contribution in [3.05, 3.63) is 0 Å². The fourth-order valence-corrected chi connectivity index (χ4v) is 3.20. The molecular weight excluding hydrogens is 252 g/mol. The lowest BCUT2D eigenvalue weighted by Gasteiger charge is -2.16. The van der Waals surface area contributed by atoms with E-state index in [2.05, 4.69) is 10.6 Å². The van der Waals surface area contributed by atoms with E-state index in [1.165, 1.54) is 38.5 Å². The molecule has 116 valence electrons. The van der Waals surface area contributed by atoms with Crippen molar-refractivity contribution in [1.82, 2.24) is 10.6 Å². The SMILES string of the molecule is O=C(CCC1CCOC1)NCCNC1CCCCCC1. The van der Waals surface area contributed by atoms with Gasteiger partial charge in [-0.15, -0.1) is 0 Å². The van der Waals surface area contributed by atoms with E-state index in [1.807, 2.05) is 0 Å². The lowest BCUT2D eigenvalue weighted by molar-refractivity contribution is -0.121. The third kappa shape index (κ3) is 6.23. The molecule has 4 nitrogen and oxygen atoms in total. The number of amides is 1. The lowest BCUT2D eigenvalue weighted by Crippen LogP contribution is -2.36. The molecule has 0 spiro atoms. The van der Waals surface area contributed by atoms with Gasteiger partial charge in [-0.05, 0) is 31.6 Å². The summed E-state index contributed by atoms with van der Waals surface area (Å²) in [4.78, 5) is 11.7. The molecule has 0 aromatic rings. The highest BCUT2D eigenvalue weighted by Gasteiger charge is 2.16. The van der Waals surface area contributed by atoms with Crippen molar-refractivity contribution in [2.75, 3.05) is 26.3 Å². The van der Waals surface area contributed by atoms with Gasteiger partial charge in [0, 0.05) is 38.8 Å². The largest absolute Gasteiger partial charge is 0.381 e. The van der Waals surface area contributed by atoms with Crippen molar-refractivity contribution in [1.29, 1.82) is 0 Å². The molecule has 0 aromatic carbocycles. The average molecular weight is 282 g/mol. The van der Waals surface area contributed by atoms with Crippen LogP contribution in [0, 0.1) is 5.92 Å². The molecule has 2 rings (SSSR count). The van der Waals surface area contributed by atoms with Crippen molar-refractivity contribution < 1.29 is 9.53 Å². The lowest BCUT2D eigenvalue weighted by atomic mass is 10.0. The maximum absolute atomic E-state index is 11.7. The highest BCUT2D eigenvalue weighted by atomic mass is 16.5. The Hall–Kier alpha value is -0.610. The Morgan fingerprint density at radius 1 is 1.05 bits per heavy atom. The first-order valence-electron chi connectivity index (χ1n) is 8.42. The van der Waals surface area contributed by atoms with E-state index < -0.39 is 0 Å². The molecule has 2 fully saturated rings. The summed E-state index contributed by atoms with van der Waals surface area (Å²) >= 11 is 0. The van der Waals surface area contributed by atoms with Crippen LogP contribution in [0.15, 0.2) is 0 Å². The van der Waals surface area contributed by atoms with E-state index in [9.17, 15) is 4.79 Å². The predicted molar refractivity (Wildman–Crippen MR) is 80.7 cm³/mol. The van der Waals surface area contributed by atoms with Crippen LogP contribution in [0.5, 0.6) is 0 Å². The zero-order valence-electron chi connectivity index (χ0n) is 12.7. The number of carbonyl (C=O) groups excluding carboxylic acids is 1. The molecule has 0 aromatic heterocycles. The molecule has 1 aliphatic carbocycles. The first kappa shape index (κ1) is 15.8. The summed E-state index contributed by atoms with van der Waals surface area (Å²) in [6.45, 7) is 3.38. The summed E-state index contributed by atoms with van der Waals surface area (Å²) < 4.78 is 5.32. The normalized spacial score (nSPS) is 24.5. The van der Waals surface area contributed by atoms with Gasteiger partial charge in [0.2, 0.25) is 5.91 Å². The van der Waals surface area contributed by atoms with Crippen LogP contribution in [0.3, 0.4) is 0 Å². The van der Waals surface area contributed by atoms with Gasteiger partial charge in [-0.2, -0.15) is 0 Å². The molecular formula is C16H30N2O2. The molecule has 1 atom stereocenters. The van der Waals surface area contributed by atoms with Crippen LogP contribution in [-0.4, -0.2) is 38.3 Å². The zero-order chi connectivity index (χ0) is 14.0. The molecule has 1 unspecified atom stereocenters. The second-order valence-corrected chi connectivity index (χ2v) is 6.26. The Morgan fingerprint density at radius 3 is 2.55 bits per heavy atom. The third-order valence-corrected chi connectivity index (χ3v) is 4.54. The first-order valence-corrected chi connectivity index (χ1v) is 8.42. The van der Waals surface area contributed by atoms with E-state index in [1.54, 1.807) is 0 Å². The third-order valence-electron chi connectivity index (χ3n) is 4.54. The van der Waals surface area contributed by atoms with E-state index in [-0.39, 0.29) is 5.91 Å². The van der Waals surface area contributed by atoms with Gasteiger partial charge in [-0.25, -0.2) is 0 Å². The smallest absolute Gasteiger partial charge is 0.220 e. The molecule has 2 aliphatic rings. The number of nitrogens with one attached hydrogen (secondary N) is 2. The average Bonchev–Trinajstić information content (AvgIpc) is 2.84. The van der Waals surface area contributed by atoms with Crippen molar-refractivity contribution in [3.8, 4) is 0 Å². The van der Waals surface area contributed by atoms with Crippen LogP contribution in [-0.2, 0) is 9.53 Å². The first-order chi connectivity index (χ1) is 9.84. The summed E-state index contributed by atoms with van der Waals surface area (Å²) in [7, 11) is 0. The second-order valence-electron chi connectivity index (χ2n) is 6.26. The van der Waals surface area contributed by atoms with Gasteiger partial charge in [-0.3, -0.25) is 4.79 Å². The Kier molecular flexibility index (Phi) is 7.37. The monoisotopic (exact) mass is 282 g/mol. The molecule has 4 heteroatoms. The van der Waals surface area contributed by atoms with Crippen LogP contribution < -0.4 is 10.6 Å². The van der Waals surface area contributed by atoms with Crippen molar-refractivity contribution in [3.63, 3.8) is 0 Å². The quantitative estimate of drug-likeness (QED) is 0.556. The van der Waals surface area contributed by atoms with Crippen LogP contribution in [0.25, 0.3) is 0 Å². The molecule has 20 heavy (non-hydrogen) atoms. The molecule has 1 heterocycles. The second kappa shape index (κ2) is 9.35. The van der Waals surface area contributed by atoms with Gasteiger partial charge in [-0.1, -0.05) is 25.7 Å². The minimum atomic E-state index is 0.194. The van der Waals surface area contributed by atoms with Crippen molar-refractivity contribution >= 4 is 5.91 Å². The summed E-state index contributed by atoms with van der Waals surface area (Å²) in [5.74, 6) is 0.796. The van der Waals surface area contributed by atoms with Crippen LogP contribution in [0.4, 0.5) is 0 Å². The van der Waals surface area contributed by atoms with Crippen LogP contribution in [0.2, 0.25) is 0 Å². The van der Waals surface area contributed by atoms with Gasteiger partial charge in [0.05, 0.1) is 0 Å². The zero-order valence-corrected chi connectivity index (χ0v) is 12.7. The van der Waals surface area contributed by atoms with Gasteiger partial charge in [0.25, 0.3) is 0 Å². The fraction of sp³-hybridized carbons (Fsp3) is 0.938. The maximum Gasteiger partial charge on any atom is 0.220 e. The number of carbonyl (C=O) groups is 1. The highest BCUT2D eigenvalue weighted by Crippen LogP contribution is 2.18. The number of rotatable bonds is 7. The Balaban J connectivity index is 1.46. The Labute approximate surface area is 123 Å². The summed E-state index contributed by atoms with van der Waals surface area (Å²) in [6.07, 6.45) is 10.8. The molecule has 2 N–H and O–H groups in total. The van der Waals surface area contributed by atoms with E-state index in [0.29, 0.717) is 18.4 Å². The molecule has 1 amide bonds. The Morgan fingerprint density at radius 2 is 1.85 bits per heavy atom. The van der Waals surface area contributed by atoms with Gasteiger partial charge in [0.15, 0.2) is 0 Å². The van der Waals surface area contributed by atoms with E-state index in [0.717, 1.165) is 39.1 Å². The van der Waals surface area contributed by atoms with E-state index >= 15 is 0 Å². The standard InChI is InChI=1S/C16H30N2O2/c19-16(8-7-14-9-12-20-13-14)18-11-10-17-15-5-3-1-2-4-6-15/h14-15,17H,1-13H2,(H,18,19). The van der Waals surface area contributed by atoms with Crippen LogP contribution in [0.1, 0.15) is 57.8 Å². The number of hydrogen-bond donors (Lipinski definition) is 2. The van der Waals surface area contributed by atoms with Gasteiger partial charge >= 0.3 is 0 Å². The summed E-state index contributed by atoms with van der Waals surface area (Å²) in [6, 6.07) is 0.671. The number of hydrogen-bond acceptors (Lipinski definition) is 3. The molecule has 0 radical (unpaired) electrons. The summed E-state index contributed by atoms with van der Waals surface area (Å²) in [5.41, 5.74) is 0. The van der Waals surface area contributed by atoms with E-state index in [4.69, 9.17) is 4.74 Å². The summed E-state index contributed by atoms with van der Waals surface area (Å²) in [5, 5.41) is 6.60. The molecule has 1 saturated carbocycles. The highest BCUT2D eigenvalue weighted by molar-refractivity contribution is 5.75. The minimum Gasteiger partial charge on any atom is -0.381 e.